The number of hydrogen-bond donors (Lipinski definition) is 2. The quantitative estimate of drug-likeness (QED) is 0.511. The third-order valence-electron chi connectivity index (χ3n) is 4.06. The van der Waals surface area contributed by atoms with Crippen LogP contribution in [-0.2, 0) is 6.18 Å². The second-order valence-corrected chi connectivity index (χ2v) is 6.53. The minimum Gasteiger partial charge on any atom is -0.454 e. The molecule has 3 aromatic rings. The lowest BCUT2D eigenvalue weighted by Crippen LogP contribution is -2.20. The van der Waals surface area contributed by atoms with Gasteiger partial charge in [-0.15, -0.1) is 0 Å². The molecule has 0 saturated carbocycles. The van der Waals surface area contributed by atoms with Crippen molar-refractivity contribution in [2.24, 2.45) is 0 Å². The smallest absolute Gasteiger partial charge is 0.422 e. The van der Waals surface area contributed by atoms with Crippen LogP contribution in [0, 0.1) is 0 Å². The van der Waals surface area contributed by atoms with E-state index >= 15 is 0 Å². The summed E-state index contributed by atoms with van der Waals surface area (Å²) in [7, 11) is 1.44. The Hall–Kier alpha value is -3.90. The van der Waals surface area contributed by atoms with Gasteiger partial charge in [0.05, 0.1) is 5.56 Å². The van der Waals surface area contributed by atoms with Gasteiger partial charge in [0.1, 0.15) is 0 Å². The third kappa shape index (κ3) is 6.54. The van der Waals surface area contributed by atoms with Gasteiger partial charge in [-0.1, -0.05) is 18.2 Å². The highest BCUT2D eigenvalue weighted by Gasteiger charge is 2.31. The number of aromatic nitrogens is 3. The van der Waals surface area contributed by atoms with Gasteiger partial charge in [0.25, 0.3) is 5.91 Å². The van der Waals surface area contributed by atoms with Gasteiger partial charge in [0.15, 0.2) is 12.4 Å². The zero-order chi connectivity index (χ0) is 24.2. The number of carbonyl (C=O) groups excluding carboxylic acids is 1. The summed E-state index contributed by atoms with van der Waals surface area (Å²) in [6.07, 6.45) is -9.27. The molecule has 1 amide bonds. The number of anilines is 2. The Kier molecular flexibility index (Phi) is 6.70. The van der Waals surface area contributed by atoms with Crippen molar-refractivity contribution < 1.29 is 35.9 Å². The molecule has 0 unspecified atom stereocenters. The molecule has 33 heavy (non-hydrogen) atoms. The van der Waals surface area contributed by atoms with Crippen molar-refractivity contribution in [2.75, 3.05) is 19.0 Å². The van der Waals surface area contributed by atoms with E-state index in [-0.39, 0.29) is 23.4 Å². The van der Waals surface area contributed by atoms with Crippen molar-refractivity contribution in [1.29, 1.82) is 0 Å². The molecule has 0 fully saturated rings. The number of amides is 1. The summed E-state index contributed by atoms with van der Waals surface area (Å²) < 4.78 is 81.2. The number of alkyl halides is 6. The molecular weight excluding hydrogens is 456 g/mol. The lowest BCUT2D eigenvalue weighted by atomic mass is 10.1. The molecule has 0 aliphatic heterocycles. The topological polar surface area (TPSA) is 89.0 Å². The van der Waals surface area contributed by atoms with E-state index in [0.29, 0.717) is 11.1 Å². The molecule has 0 saturated heterocycles. The van der Waals surface area contributed by atoms with Crippen molar-refractivity contribution in [3.8, 4) is 17.4 Å². The summed E-state index contributed by atoms with van der Waals surface area (Å²) in [5.41, 5.74) is -0.390. The van der Waals surface area contributed by atoms with E-state index in [0.717, 1.165) is 18.2 Å². The van der Waals surface area contributed by atoms with Crippen LogP contribution >= 0.6 is 0 Å². The Morgan fingerprint density at radius 2 is 1.67 bits per heavy atom. The van der Waals surface area contributed by atoms with E-state index in [4.69, 9.17) is 0 Å². The fourth-order valence-corrected chi connectivity index (χ4v) is 2.57. The number of nitrogens with zero attached hydrogens (tertiary/aromatic N) is 3. The summed E-state index contributed by atoms with van der Waals surface area (Å²) in [6, 6.07) is 9.17. The van der Waals surface area contributed by atoms with Gasteiger partial charge in [-0.25, -0.2) is 0 Å². The number of halogens is 6. The first kappa shape index (κ1) is 23.8. The monoisotopic (exact) mass is 471 g/mol. The first-order valence-corrected chi connectivity index (χ1v) is 9.17. The van der Waals surface area contributed by atoms with Crippen molar-refractivity contribution in [2.45, 2.75) is 12.4 Å². The average molecular weight is 471 g/mol. The van der Waals surface area contributed by atoms with Gasteiger partial charge in [-0.05, 0) is 30.3 Å². The normalized spacial score (nSPS) is 11.7. The van der Waals surface area contributed by atoms with E-state index in [1.807, 2.05) is 0 Å². The Morgan fingerprint density at radius 3 is 2.27 bits per heavy atom. The number of ether oxygens (including phenoxy) is 1. The van der Waals surface area contributed by atoms with E-state index in [1.54, 1.807) is 0 Å². The van der Waals surface area contributed by atoms with E-state index in [9.17, 15) is 31.1 Å². The predicted octanol–water partition coefficient (Wildman–Crippen LogP) is 4.60. The zero-order valence-electron chi connectivity index (χ0n) is 16.8. The van der Waals surface area contributed by atoms with Crippen LogP contribution in [0.25, 0.3) is 11.4 Å². The molecule has 7 nitrogen and oxygen atoms in total. The molecule has 1 aromatic heterocycles. The second kappa shape index (κ2) is 9.30. The van der Waals surface area contributed by atoms with Crippen LogP contribution in [0.2, 0.25) is 0 Å². The number of carbonyl (C=O) groups is 1. The summed E-state index contributed by atoms with van der Waals surface area (Å²) >= 11 is 0. The van der Waals surface area contributed by atoms with Gasteiger partial charge in [0, 0.05) is 23.9 Å². The first-order chi connectivity index (χ1) is 15.4. The van der Waals surface area contributed by atoms with E-state index in [1.165, 1.54) is 37.4 Å². The Morgan fingerprint density at radius 1 is 0.970 bits per heavy atom. The van der Waals surface area contributed by atoms with Crippen molar-refractivity contribution in [1.82, 2.24) is 20.3 Å². The van der Waals surface area contributed by atoms with Crippen molar-refractivity contribution >= 4 is 17.5 Å². The Bertz CT molecular complexity index is 1130. The first-order valence-electron chi connectivity index (χ1n) is 9.17. The maximum atomic E-state index is 13.0. The van der Waals surface area contributed by atoms with Crippen LogP contribution in [-0.4, -0.2) is 40.7 Å². The zero-order valence-corrected chi connectivity index (χ0v) is 16.8. The average Bonchev–Trinajstić information content (AvgIpc) is 2.76. The Labute approximate surface area is 182 Å². The van der Waals surface area contributed by atoms with Gasteiger partial charge >= 0.3 is 18.4 Å². The molecule has 174 valence electrons. The van der Waals surface area contributed by atoms with Crippen LogP contribution < -0.4 is 15.4 Å². The number of nitrogens with one attached hydrogen (secondary N) is 2. The van der Waals surface area contributed by atoms with Crippen LogP contribution in [0.4, 0.5) is 38.0 Å². The minimum atomic E-state index is -4.67. The maximum Gasteiger partial charge on any atom is 0.422 e. The maximum absolute atomic E-state index is 13.0. The summed E-state index contributed by atoms with van der Waals surface area (Å²) in [4.78, 5) is 23.3. The third-order valence-corrected chi connectivity index (χ3v) is 4.06. The second-order valence-electron chi connectivity index (χ2n) is 6.53. The molecule has 2 aromatic carbocycles. The van der Waals surface area contributed by atoms with Gasteiger partial charge in [0.2, 0.25) is 5.95 Å². The van der Waals surface area contributed by atoms with E-state index in [2.05, 4.69) is 30.3 Å². The number of rotatable bonds is 6. The van der Waals surface area contributed by atoms with Crippen molar-refractivity contribution in [3.63, 3.8) is 0 Å². The van der Waals surface area contributed by atoms with Crippen molar-refractivity contribution in [3.05, 3.63) is 59.7 Å². The predicted molar refractivity (Wildman–Crippen MR) is 105 cm³/mol. The summed E-state index contributed by atoms with van der Waals surface area (Å²) in [5, 5.41) is 4.95. The minimum absolute atomic E-state index is 0.0567. The lowest BCUT2D eigenvalue weighted by Gasteiger charge is -2.12. The number of benzene rings is 2. The van der Waals surface area contributed by atoms with Gasteiger partial charge < -0.3 is 15.4 Å². The molecule has 3 rings (SSSR count). The van der Waals surface area contributed by atoms with E-state index < -0.39 is 30.5 Å². The fourth-order valence-electron chi connectivity index (χ4n) is 2.57. The largest absolute Gasteiger partial charge is 0.454 e. The fraction of sp³-hybridized carbons (Fsp3) is 0.200. The number of hydrogen-bond acceptors (Lipinski definition) is 6. The molecule has 0 atom stereocenters. The molecule has 0 aliphatic carbocycles. The van der Waals surface area contributed by atoms with Gasteiger partial charge in [-0.2, -0.15) is 41.3 Å². The summed E-state index contributed by atoms with van der Waals surface area (Å²) in [6.45, 7) is -1.69. The summed E-state index contributed by atoms with van der Waals surface area (Å²) in [5.74, 6) is -0.828. The molecule has 2 N–H and O–H groups in total. The van der Waals surface area contributed by atoms with Crippen LogP contribution in [0.5, 0.6) is 6.01 Å². The standard InChI is InChI=1S/C20H15F6N5O2/c1-27-16(32)12-7-5-11(6-8-12)15-29-17(31-18(30-15)33-10-19(21,22)23)28-14-4-2-3-13(9-14)20(24,25)26/h2-9H,10H2,1H3,(H,27,32)(H,28,29,30,31). The molecule has 13 heteroatoms. The molecule has 1 heterocycles. The Balaban J connectivity index is 1.97. The highest BCUT2D eigenvalue weighted by atomic mass is 19.4. The molecule has 0 spiro atoms. The highest BCUT2D eigenvalue weighted by molar-refractivity contribution is 5.94. The van der Waals surface area contributed by atoms with Crippen LogP contribution in [0.3, 0.4) is 0 Å². The molecule has 0 radical (unpaired) electrons. The van der Waals surface area contributed by atoms with Gasteiger partial charge in [-0.3, -0.25) is 4.79 Å². The highest BCUT2D eigenvalue weighted by Crippen LogP contribution is 2.31. The molecule has 0 aliphatic rings. The SMILES string of the molecule is CNC(=O)c1ccc(-c2nc(Nc3cccc(C(F)(F)F)c3)nc(OCC(F)(F)F)n2)cc1. The molecular formula is C20H15F6N5O2. The molecule has 0 bridgehead atoms. The van der Waals surface area contributed by atoms with Crippen LogP contribution in [0.1, 0.15) is 15.9 Å². The van der Waals surface area contributed by atoms with Crippen LogP contribution in [0.15, 0.2) is 48.5 Å². The lowest BCUT2D eigenvalue weighted by molar-refractivity contribution is -0.154.